The van der Waals surface area contributed by atoms with Crippen LogP contribution < -0.4 is 5.32 Å². The van der Waals surface area contributed by atoms with Gasteiger partial charge in [-0.3, -0.25) is 0 Å². The Balaban J connectivity index is 1.56. The van der Waals surface area contributed by atoms with E-state index < -0.39 is 0 Å². The first-order valence-corrected chi connectivity index (χ1v) is 7.74. The Bertz CT molecular complexity index is 826. The molecule has 0 atom stereocenters. The average Bonchev–Trinajstić information content (AvgIpc) is 3.22. The lowest BCUT2D eigenvalue weighted by Crippen LogP contribution is -2.37. The number of carbonyl (C=O) groups excluding carboxylic acids is 1. The van der Waals surface area contributed by atoms with Crippen molar-refractivity contribution in [2.45, 2.75) is 33.0 Å². The van der Waals surface area contributed by atoms with Crippen LogP contribution in [0.2, 0.25) is 0 Å². The summed E-state index contributed by atoms with van der Waals surface area (Å²) in [6, 6.07) is 5.35. The summed E-state index contributed by atoms with van der Waals surface area (Å²) in [4.78, 5) is 13.8. The van der Waals surface area contributed by atoms with E-state index in [0.29, 0.717) is 24.1 Å². The van der Waals surface area contributed by atoms with Gasteiger partial charge in [0.2, 0.25) is 0 Å². The number of amides is 2. The number of carbonyl (C=O) groups is 1. The van der Waals surface area contributed by atoms with Gasteiger partial charge in [-0.1, -0.05) is 13.0 Å². The number of rotatable bonds is 6. The van der Waals surface area contributed by atoms with Crippen LogP contribution in [0.4, 0.5) is 4.79 Å². The van der Waals surface area contributed by atoms with Gasteiger partial charge in [-0.15, -0.1) is 10.2 Å². The maximum atomic E-state index is 12.2. The zero-order chi connectivity index (χ0) is 16.9. The van der Waals surface area contributed by atoms with Crippen LogP contribution in [0.1, 0.15) is 24.7 Å². The van der Waals surface area contributed by atoms with E-state index in [1.807, 2.05) is 22.8 Å². The molecule has 2 aromatic heterocycles. The molecule has 0 spiro atoms. The van der Waals surface area contributed by atoms with Crippen molar-refractivity contribution in [3.05, 3.63) is 35.9 Å². The molecule has 1 N–H and O–H groups in total. The molecule has 0 aliphatic heterocycles. The highest BCUT2D eigenvalue weighted by Crippen LogP contribution is 2.11. The number of nitrogens with one attached hydrogen (secondary N) is 1. The van der Waals surface area contributed by atoms with Crippen LogP contribution in [0.15, 0.2) is 29.2 Å². The third kappa shape index (κ3) is 3.50. The molecule has 126 valence electrons. The topological polar surface area (TPSA) is 102 Å². The molecular formula is C15H19N7O2. The maximum Gasteiger partial charge on any atom is 0.317 e. The minimum absolute atomic E-state index is 0.181. The van der Waals surface area contributed by atoms with Crippen LogP contribution in [0.25, 0.3) is 11.0 Å². The molecule has 3 rings (SSSR count). The molecule has 2 heterocycles. The monoisotopic (exact) mass is 329 g/mol. The predicted molar refractivity (Wildman–Crippen MR) is 85.8 cm³/mol. The molecule has 2 amide bonds. The van der Waals surface area contributed by atoms with Crippen molar-refractivity contribution in [2.75, 3.05) is 7.05 Å². The SMILES string of the molecule is CCCn1cnnc1CN(C)C(=O)NCc1ccc2nonc2c1. The Hall–Kier alpha value is -2.97. The van der Waals surface area contributed by atoms with Gasteiger partial charge >= 0.3 is 6.03 Å². The van der Waals surface area contributed by atoms with E-state index in [9.17, 15) is 4.79 Å². The second-order valence-electron chi connectivity index (χ2n) is 5.54. The van der Waals surface area contributed by atoms with Gasteiger partial charge in [-0.05, 0) is 34.4 Å². The summed E-state index contributed by atoms with van der Waals surface area (Å²) in [7, 11) is 1.73. The molecular weight excluding hydrogens is 310 g/mol. The Morgan fingerprint density at radius 3 is 3.00 bits per heavy atom. The second-order valence-corrected chi connectivity index (χ2v) is 5.54. The van der Waals surface area contributed by atoms with Crippen LogP contribution in [-0.2, 0) is 19.6 Å². The first kappa shape index (κ1) is 15.9. The van der Waals surface area contributed by atoms with E-state index in [2.05, 4.69) is 37.4 Å². The number of hydrogen-bond acceptors (Lipinski definition) is 6. The van der Waals surface area contributed by atoms with Crippen LogP contribution in [0.3, 0.4) is 0 Å². The Morgan fingerprint density at radius 1 is 1.33 bits per heavy atom. The van der Waals surface area contributed by atoms with Crippen LogP contribution >= 0.6 is 0 Å². The summed E-state index contributed by atoms with van der Waals surface area (Å²) >= 11 is 0. The third-order valence-electron chi connectivity index (χ3n) is 3.65. The molecule has 0 saturated carbocycles. The maximum absolute atomic E-state index is 12.2. The first-order valence-electron chi connectivity index (χ1n) is 7.74. The number of fused-ring (bicyclic) bond motifs is 1. The molecule has 0 radical (unpaired) electrons. The minimum atomic E-state index is -0.181. The Kier molecular flexibility index (Phi) is 4.69. The van der Waals surface area contributed by atoms with E-state index in [1.165, 1.54) is 0 Å². The number of nitrogens with zero attached hydrogens (tertiary/aromatic N) is 6. The van der Waals surface area contributed by atoms with E-state index in [-0.39, 0.29) is 6.03 Å². The van der Waals surface area contributed by atoms with Crippen molar-refractivity contribution in [2.24, 2.45) is 0 Å². The molecule has 0 fully saturated rings. The molecule has 9 heteroatoms. The highest BCUT2D eigenvalue weighted by molar-refractivity contribution is 5.75. The van der Waals surface area contributed by atoms with E-state index in [4.69, 9.17) is 0 Å². The van der Waals surface area contributed by atoms with Crippen molar-refractivity contribution in [3.63, 3.8) is 0 Å². The summed E-state index contributed by atoms with van der Waals surface area (Å²) in [5, 5.41) is 18.4. The zero-order valence-corrected chi connectivity index (χ0v) is 13.6. The molecule has 1 aromatic carbocycles. The Labute approximate surface area is 138 Å². The third-order valence-corrected chi connectivity index (χ3v) is 3.65. The first-order chi connectivity index (χ1) is 11.7. The lowest BCUT2D eigenvalue weighted by atomic mass is 10.2. The molecule has 0 saturated heterocycles. The minimum Gasteiger partial charge on any atom is -0.334 e. The molecule has 0 unspecified atom stereocenters. The summed E-state index contributed by atoms with van der Waals surface area (Å²) in [5.41, 5.74) is 2.29. The van der Waals surface area contributed by atoms with Crippen molar-refractivity contribution >= 4 is 17.1 Å². The number of benzene rings is 1. The molecule has 9 nitrogen and oxygen atoms in total. The van der Waals surface area contributed by atoms with Crippen molar-refractivity contribution in [1.29, 1.82) is 0 Å². The van der Waals surface area contributed by atoms with Crippen LogP contribution in [-0.4, -0.2) is 43.1 Å². The number of urea groups is 1. The highest BCUT2D eigenvalue weighted by Gasteiger charge is 2.13. The van der Waals surface area contributed by atoms with Crippen molar-refractivity contribution in [1.82, 2.24) is 35.3 Å². The molecule has 0 bridgehead atoms. The van der Waals surface area contributed by atoms with Gasteiger partial charge in [-0.2, -0.15) is 0 Å². The quantitative estimate of drug-likeness (QED) is 0.736. The molecule has 0 aliphatic carbocycles. The number of aromatic nitrogens is 5. The van der Waals surface area contributed by atoms with Gasteiger partial charge in [0.15, 0.2) is 5.82 Å². The van der Waals surface area contributed by atoms with E-state index in [1.54, 1.807) is 18.3 Å². The van der Waals surface area contributed by atoms with E-state index >= 15 is 0 Å². The molecule has 0 aliphatic rings. The standard InChI is InChI=1S/C15H19N7O2/c1-3-6-22-10-17-18-14(22)9-21(2)15(23)16-8-11-4-5-12-13(7-11)20-24-19-12/h4-5,7,10H,3,6,8-9H2,1-2H3,(H,16,23). The second kappa shape index (κ2) is 7.07. The Morgan fingerprint density at radius 2 is 2.17 bits per heavy atom. The predicted octanol–water partition coefficient (Wildman–Crippen LogP) is 1.57. The van der Waals surface area contributed by atoms with Gasteiger partial charge in [0.05, 0.1) is 6.54 Å². The van der Waals surface area contributed by atoms with Crippen LogP contribution in [0, 0.1) is 0 Å². The molecule has 3 aromatic rings. The fraction of sp³-hybridized carbons (Fsp3) is 0.400. The lowest BCUT2D eigenvalue weighted by molar-refractivity contribution is 0.204. The summed E-state index contributed by atoms with van der Waals surface area (Å²) in [6.45, 7) is 3.72. The number of hydrogen-bond donors (Lipinski definition) is 1. The van der Waals surface area contributed by atoms with Gasteiger partial charge in [-0.25, -0.2) is 9.42 Å². The lowest BCUT2D eigenvalue weighted by Gasteiger charge is -2.18. The summed E-state index contributed by atoms with van der Waals surface area (Å²) in [6.07, 6.45) is 2.67. The fourth-order valence-electron chi connectivity index (χ4n) is 2.36. The smallest absolute Gasteiger partial charge is 0.317 e. The summed E-state index contributed by atoms with van der Waals surface area (Å²) in [5.74, 6) is 0.768. The average molecular weight is 329 g/mol. The summed E-state index contributed by atoms with van der Waals surface area (Å²) < 4.78 is 6.62. The van der Waals surface area contributed by atoms with Gasteiger partial charge < -0.3 is 14.8 Å². The largest absolute Gasteiger partial charge is 0.334 e. The fourth-order valence-corrected chi connectivity index (χ4v) is 2.36. The zero-order valence-electron chi connectivity index (χ0n) is 13.6. The van der Waals surface area contributed by atoms with Crippen molar-refractivity contribution < 1.29 is 9.42 Å². The van der Waals surface area contributed by atoms with Crippen LogP contribution in [0.5, 0.6) is 0 Å². The van der Waals surface area contributed by atoms with Gasteiger partial charge in [0.25, 0.3) is 0 Å². The van der Waals surface area contributed by atoms with Crippen molar-refractivity contribution in [3.8, 4) is 0 Å². The normalized spacial score (nSPS) is 10.9. The van der Waals surface area contributed by atoms with Gasteiger partial charge in [0.1, 0.15) is 17.4 Å². The van der Waals surface area contributed by atoms with Gasteiger partial charge in [0, 0.05) is 20.1 Å². The highest BCUT2D eigenvalue weighted by atomic mass is 16.6. The van der Waals surface area contributed by atoms with E-state index in [0.717, 1.165) is 24.4 Å². The molecule has 24 heavy (non-hydrogen) atoms. The number of aryl methyl sites for hydroxylation is 1.